The lowest BCUT2D eigenvalue weighted by atomic mass is 10.2. The van der Waals surface area contributed by atoms with Gasteiger partial charge in [-0.25, -0.2) is 8.42 Å². The Bertz CT molecular complexity index is 621. The molecule has 1 aliphatic carbocycles. The van der Waals surface area contributed by atoms with Crippen LogP contribution in [-0.2, 0) is 9.05 Å². The molecule has 1 amide bonds. The second-order valence-corrected chi connectivity index (χ2v) is 8.52. The molecule has 1 aliphatic rings. The standard InChI is InChI=1S/C12H15BrClNO4S/c1-7(2)6-15(8-3-4-8)12(16)9-5-10(11(13)19-9)20(14,17)18/h5,7-8H,3-4,6H2,1-2H3. The Labute approximate surface area is 130 Å². The maximum Gasteiger partial charge on any atom is 0.289 e. The van der Waals surface area contributed by atoms with E-state index in [2.05, 4.69) is 15.9 Å². The summed E-state index contributed by atoms with van der Waals surface area (Å²) in [6.07, 6.45) is 1.95. The van der Waals surface area contributed by atoms with Crippen LogP contribution in [0.15, 0.2) is 20.0 Å². The van der Waals surface area contributed by atoms with Crippen molar-refractivity contribution in [1.29, 1.82) is 0 Å². The third-order valence-electron chi connectivity index (χ3n) is 2.94. The fourth-order valence-electron chi connectivity index (χ4n) is 1.94. The second kappa shape index (κ2) is 5.69. The molecule has 2 rings (SSSR count). The topological polar surface area (TPSA) is 67.6 Å². The van der Waals surface area contributed by atoms with E-state index in [1.807, 2.05) is 13.8 Å². The summed E-state index contributed by atoms with van der Waals surface area (Å²) in [4.78, 5) is 13.9. The summed E-state index contributed by atoms with van der Waals surface area (Å²) in [6.45, 7) is 4.66. The molecule has 0 spiro atoms. The molecule has 1 fully saturated rings. The van der Waals surface area contributed by atoms with Crippen molar-refractivity contribution < 1.29 is 17.6 Å². The molecule has 0 saturated heterocycles. The third-order valence-corrected chi connectivity index (χ3v) is 5.12. The zero-order chi connectivity index (χ0) is 15.1. The van der Waals surface area contributed by atoms with Crippen molar-refractivity contribution in [3.8, 4) is 0 Å². The van der Waals surface area contributed by atoms with Crippen molar-refractivity contribution >= 4 is 41.6 Å². The highest BCUT2D eigenvalue weighted by atomic mass is 79.9. The molecule has 20 heavy (non-hydrogen) atoms. The highest BCUT2D eigenvalue weighted by Crippen LogP contribution is 2.33. The number of hydrogen-bond acceptors (Lipinski definition) is 4. The van der Waals surface area contributed by atoms with E-state index in [0.717, 1.165) is 12.8 Å². The van der Waals surface area contributed by atoms with Crippen molar-refractivity contribution in [3.63, 3.8) is 0 Å². The quantitative estimate of drug-likeness (QED) is 0.731. The van der Waals surface area contributed by atoms with Gasteiger partial charge in [0.05, 0.1) is 0 Å². The lowest BCUT2D eigenvalue weighted by molar-refractivity contribution is 0.0688. The summed E-state index contributed by atoms with van der Waals surface area (Å²) < 4.78 is 27.8. The molecule has 0 aliphatic heterocycles. The highest BCUT2D eigenvalue weighted by molar-refractivity contribution is 9.10. The number of carbonyl (C=O) groups is 1. The zero-order valence-corrected chi connectivity index (χ0v) is 14.3. The van der Waals surface area contributed by atoms with Gasteiger partial charge in [-0.1, -0.05) is 13.8 Å². The van der Waals surface area contributed by atoms with Crippen LogP contribution in [0.25, 0.3) is 0 Å². The second-order valence-electron chi connectivity index (χ2n) is 5.27. The van der Waals surface area contributed by atoms with Crippen LogP contribution in [0.4, 0.5) is 0 Å². The van der Waals surface area contributed by atoms with Gasteiger partial charge in [0.2, 0.25) is 0 Å². The summed E-state index contributed by atoms with van der Waals surface area (Å²) in [7, 11) is 1.34. The van der Waals surface area contributed by atoms with Gasteiger partial charge in [-0.2, -0.15) is 0 Å². The van der Waals surface area contributed by atoms with Crippen LogP contribution in [0, 0.1) is 5.92 Å². The highest BCUT2D eigenvalue weighted by Gasteiger charge is 2.35. The predicted molar refractivity (Wildman–Crippen MR) is 78.3 cm³/mol. The molecule has 0 atom stereocenters. The lowest BCUT2D eigenvalue weighted by Crippen LogP contribution is -2.35. The Kier molecular flexibility index (Phi) is 4.51. The molecule has 0 unspecified atom stereocenters. The third kappa shape index (κ3) is 3.56. The minimum atomic E-state index is -3.94. The monoisotopic (exact) mass is 383 g/mol. The van der Waals surface area contributed by atoms with Crippen LogP contribution in [0.2, 0.25) is 0 Å². The molecule has 0 radical (unpaired) electrons. The van der Waals surface area contributed by atoms with E-state index in [1.54, 1.807) is 4.90 Å². The molecule has 8 heteroatoms. The van der Waals surface area contributed by atoms with E-state index in [4.69, 9.17) is 15.1 Å². The van der Waals surface area contributed by atoms with Crippen LogP contribution in [-0.4, -0.2) is 31.8 Å². The molecule has 0 aromatic carbocycles. The van der Waals surface area contributed by atoms with Crippen molar-refractivity contribution in [2.24, 2.45) is 5.92 Å². The Morgan fingerprint density at radius 2 is 2.15 bits per heavy atom. The van der Waals surface area contributed by atoms with Gasteiger partial charge in [0.1, 0.15) is 4.90 Å². The number of rotatable bonds is 5. The van der Waals surface area contributed by atoms with Gasteiger partial charge in [-0.05, 0) is 34.7 Å². The molecule has 1 heterocycles. The van der Waals surface area contributed by atoms with Gasteiger partial charge in [-0.15, -0.1) is 0 Å². The Balaban J connectivity index is 2.28. The Morgan fingerprint density at radius 3 is 2.55 bits per heavy atom. The lowest BCUT2D eigenvalue weighted by Gasteiger charge is -2.23. The molecular weight excluding hydrogens is 370 g/mol. The summed E-state index contributed by atoms with van der Waals surface area (Å²) >= 11 is 2.97. The van der Waals surface area contributed by atoms with E-state index >= 15 is 0 Å². The van der Waals surface area contributed by atoms with Gasteiger partial charge in [0, 0.05) is 29.3 Å². The molecule has 1 aromatic rings. The average molecular weight is 385 g/mol. The van der Waals surface area contributed by atoms with Crippen LogP contribution >= 0.6 is 26.6 Å². The molecular formula is C12H15BrClNO4S. The predicted octanol–water partition coefficient (Wildman–Crippen LogP) is 3.23. The largest absolute Gasteiger partial charge is 0.443 e. The SMILES string of the molecule is CC(C)CN(C(=O)c1cc(S(=O)(=O)Cl)c(Br)o1)C1CC1. The maximum atomic E-state index is 12.4. The maximum absolute atomic E-state index is 12.4. The number of hydrogen-bond donors (Lipinski definition) is 0. The first-order valence-corrected chi connectivity index (χ1v) is 9.35. The summed E-state index contributed by atoms with van der Waals surface area (Å²) in [5.41, 5.74) is 0. The van der Waals surface area contributed by atoms with Gasteiger partial charge in [-0.3, -0.25) is 4.79 Å². The molecule has 0 bridgehead atoms. The molecule has 1 aromatic heterocycles. The minimum absolute atomic E-state index is 0.0105. The van der Waals surface area contributed by atoms with E-state index in [1.165, 1.54) is 6.07 Å². The van der Waals surface area contributed by atoms with Gasteiger partial charge >= 0.3 is 0 Å². The minimum Gasteiger partial charge on any atom is -0.443 e. The number of furan rings is 1. The van der Waals surface area contributed by atoms with Crippen molar-refractivity contribution in [2.45, 2.75) is 37.6 Å². The number of halogens is 2. The molecule has 5 nitrogen and oxygen atoms in total. The average Bonchev–Trinajstić information content (AvgIpc) is 3.06. The number of nitrogens with zero attached hydrogens (tertiary/aromatic N) is 1. The first kappa shape index (κ1) is 15.9. The Morgan fingerprint density at radius 1 is 1.55 bits per heavy atom. The smallest absolute Gasteiger partial charge is 0.289 e. The summed E-state index contributed by atoms with van der Waals surface area (Å²) in [6, 6.07) is 1.40. The number of amides is 1. The first-order chi connectivity index (χ1) is 9.20. The number of carbonyl (C=O) groups excluding carboxylic acids is 1. The van der Waals surface area contributed by atoms with E-state index in [9.17, 15) is 13.2 Å². The van der Waals surface area contributed by atoms with Crippen molar-refractivity contribution in [2.75, 3.05) is 6.54 Å². The normalized spacial score (nSPS) is 15.7. The fraction of sp³-hybridized carbons (Fsp3) is 0.583. The van der Waals surface area contributed by atoms with Crippen LogP contribution in [0.5, 0.6) is 0 Å². The van der Waals surface area contributed by atoms with Crippen molar-refractivity contribution in [3.05, 3.63) is 16.5 Å². The summed E-state index contributed by atoms with van der Waals surface area (Å²) in [5.74, 6) is 0.0197. The van der Waals surface area contributed by atoms with Crippen LogP contribution in [0.1, 0.15) is 37.2 Å². The molecule has 1 saturated carbocycles. The molecule has 0 N–H and O–H groups in total. The van der Waals surface area contributed by atoms with E-state index in [0.29, 0.717) is 12.5 Å². The zero-order valence-electron chi connectivity index (χ0n) is 11.1. The Hall–Kier alpha value is -0.530. The van der Waals surface area contributed by atoms with E-state index in [-0.39, 0.29) is 27.3 Å². The van der Waals surface area contributed by atoms with Crippen LogP contribution in [0.3, 0.4) is 0 Å². The fourth-order valence-corrected chi connectivity index (χ4v) is 3.98. The van der Waals surface area contributed by atoms with Gasteiger partial charge in [0.25, 0.3) is 15.0 Å². The van der Waals surface area contributed by atoms with Crippen molar-refractivity contribution in [1.82, 2.24) is 4.90 Å². The van der Waals surface area contributed by atoms with E-state index < -0.39 is 9.05 Å². The molecule has 112 valence electrons. The van der Waals surface area contributed by atoms with Gasteiger partial charge < -0.3 is 9.32 Å². The summed E-state index contributed by atoms with van der Waals surface area (Å²) in [5, 5.41) is 0. The van der Waals surface area contributed by atoms with Gasteiger partial charge in [0.15, 0.2) is 10.4 Å². The first-order valence-electron chi connectivity index (χ1n) is 6.25. The van der Waals surface area contributed by atoms with Crippen LogP contribution < -0.4 is 0 Å².